The predicted molar refractivity (Wildman–Crippen MR) is 76.0 cm³/mol. The van der Waals surface area contributed by atoms with Gasteiger partial charge in [-0.25, -0.2) is 8.78 Å². The maximum atomic E-state index is 13.8. The number of hydrogen-bond donors (Lipinski definition) is 0. The van der Waals surface area contributed by atoms with E-state index in [-0.39, 0.29) is 21.7 Å². The van der Waals surface area contributed by atoms with Gasteiger partial charge in [0, 0.05) is 5.56 Å². The molecular weight excluding hydrogens is 318 g/mol. The van der Waals surface area contributed by atoms with E-state index in [9.17, 15) is 8.78 Å². The summed E-state index contributed by atoms with van der Waals surface area (Å²) in [6, 6.07) is 2.61. The van der Waals surface area contributed by atoms with Crippen molar-refractivity contribution in [1.82, 2.24) is 0 Å². The molecule has 0 spiro atoms. The van der Waals surface area contributed by atoms with E-state index < -0.39 is 20.0 Å². The lowest BCUT2D eigenvalue weighted by Crippen LogP contribution is -2.40. The molecule has 5 heteroatoms. The van der Waals surface area contributed by atoms with Gasteiger partial charge >= 0.3 is 0 Å². The summed E-state index contributed by atoms with van der Waals surface area (Å²) in [5.41, 5.74) is -0.00537. The van der Waals surface area contributed by atoms with Crippen molar-refractivity contribution in [2.24, 2.45) is 0 Å². The van der Waals surface area contributed by atoms with Crippen LogP contribution in [0, 0.1) is 11.6 Å². The Hall–Kier alpha value is -0.263. The lowest BCUT2D eigenvalue weighted by Gasteiger charge is -2.36. The second-order valence-electron chi connectivity index (χ2n) is 5.87. The van der Waals surface area contributed by atoms with E-state index in [1.54, 1.807) is 0 Å². The Morgan fingerprint density at radius 3 is 2.28 bits per heavy atom. The largest absolute Gasteiger partial charge is 0.412 e. The van der Waals surface area contributed by atoms with Gasteiger partial charge in [0.1, 0.15) is 11.6 Å². The number of halogens is 3. The third kappa shape index (κ3) is 3.39. The molecule has 0 aliphatic heterocycles. The van der Waals surface area contributed by atoms with Crippen LogP contribution in [0.25, 0.3) is 0 Å². The maximum Gasteiger partial charge on any atom is 0.192 e. The Morgan fingerprint density at radius 2 is 1.78 bits per heavy atom. The van der Waals surface area contributed by atoms with Gasteiger partial charge in [-0.3, -0.25) is 0 Å². The highest BCUT2D eigenvalue weighted by Gasteiger charge is 2.37. The first-order valence-corrected chi connectivity index (χ1v) is 9.53. The molecule has 0 aliphatic carbocycles. The van der Waals surface area contributed by atoms with Gasteiger partial charge in [-0.2, -0.15) is 0 Å². The summed E-state index contributed by atoms with van der Waals surface area (Å²) in [5, 5.41) is 0.0198. The molecule has 0 N–H and O–H groups in total. The molecule has 0 saturated heterocycles. The van der Waals surface area contributed by atoms with Crippen molar-refractivity contribution in [1.29, 1.82) is 0 Å². The zero-order valence-electron chi connectivity index (χ0n) is 11.4. The normalized spacial score (nSPS) is 12.9. The molecule has 1 rings (SSSR count). The van der Waals surface area contributed by atoms with Gasteiger partial charge in [0.15, 0.2) is 8.32 Å². The average Bonchev–Trinajstić information content (AvgIpc) is 2.22. The summed E-state index contributed by atoms with van der Waals surface area (Å²) in [4.78, 5) is 0. The van der Waals surface area contributed by atoms with Crippen LogP contribution in [0.3, 0.4) is 0 Å². The van der Waals surface area contributed by atoms with Crippen molar-refractivity contribution in [3.05, 3.63) is 33.8 Å². The standard InChI is InChI=1S/C13H19BrF2OSi/c1-13(2,3)18(4,5)17-8-9-11(15)7-6-10(14)12(9)16/h6-7H,8H2,1-5H3. The molecule has 0 bridgehead atoms. The van der Waals surface area contributed by atoms with Crippen molar-refractivity contribution in [3.8, 4) is 0 Å². The molecule has 0 fully saturated rings. The van der Waals surface area contributed by atoms with Crippen molar-refractivity contribution in [3.63, 3.8) is 0 Å². The molecule has 0 aliphatic rings. The van der Waals surface area contributed by atoms with E-state index in [0.29, 0.717) is 0 Å². The molecule has 0 atom stereocenters. The Kier molecular flexibility index (Phi) is 4.73. The smallest absolute Gasteiger partial charge is 0.192 e. The molecule has 1 aromatic rings. The molecule has 0 radical (unpaired) electrons. The lowest BCUT2D eigenvalue weighted by atomic mass is 10.2. The minimum atomic E-state index is -2.00. The third-order valence-corrected chi connectivity index (χ3v) is 8.61. The summed E-state index contributed by atoms with van der Waals surface area (Å²) in [6.45, 7) is 10.4. The second kappa shape index (κ2) is 5.39. The van der Waals surface area contributed by atoms with E-state index in [2.05, 4.69) is 49.8 Å². The molecule has 0 amide bonds. The summed E-state index contributed by atoms with van der Waals surface area (Å²) in [6.07, 6.45) is 0. The molecule has 1 aromatic carbocycles. The third-order valence-electron chi connectivity index (χ3n) is 3.52. The van der Waals surface area contributed by atoms with Crippen LogP contribution in [-0.2, 0) is 11.0 Å². The Morgan fingerprint density at radius 1 is 1.22 bits per heavy atom. The fraction of sp³-hybridized carbons (Fsp3) is 0.538. The molecule has 0 aromatic heterocycles. The molecule has 1 nitrogen and oxygen atoms in total. The van der Waals surface area contributed by atoms with E-state index in [1.165, 1.54) is 12.1 Å². The quantitative estimate of drug-likeness (QED) is 0.541. The van der Waals surface area contributed by atoms with Gasteiger partial charge in [-0.1, -0.05) is 20.8 Å². The molecular formula is C13H19BrF2OSi. The lowest BCUT2D eigenvalue weighted by molar-refractivity contribution is 0.265. The van der Waals surface area contributed by atoms with Gasteiger partial charge < -0.3 is 4.43 Å². The van der Waals surface area contributed by atoms with E-state index in [0.717, 1.165) is 0 Å². The van der Waals surface area contributed by atoms with Gasteiger partial charge in [-0.15, -0.1) is 0 Å². The molecule has 0 unspecified atom stereocenters. The van der Waals surface area contributed by atoms with Crippen molar-refractivity contribution in [2.75, 3.05) is 0 Å². The van der Waals surface area contributed by atoms with Crippen LogP contribution < -0.4 is 0 Å². The number of benzene rings is 1. The minimum Gasteiger partial charge on any atom is -0.412 e. The molecule has 102 valence electrons. The highest BCUT2D eigenvalue weighted by atomic mass is 79.9. The fourth-order valence-electron chi connectivity index (χ4n) is 1.17. The monoisotopic (exact) mass is 336 g/mol. The van der Waals surface area contributed by atoms with Crippen LogP contribution in [0.15, 0.2) is 16.6 Å². The van der Waals surface area contributed by atoms with Crippen LogP contribution in [0.2, 0.25) is 18.1 Å². The van der Waals surface area contributed by atoms with E-state index in [4.69, 9.17) is 4.43 Å². The molecule has 18 heavy (non-hydrogen) atoms. The first-order valence-electron chi connectivity index (χ1n) is 5.82. The zero-order chi connectivity index (χ0) is 14.1. The highest BCUT2D eigenvalue weighted by molar-refractivity contribution is 9.10. The SMILES string of the molecule is CC(C)(C)[Si](C)(C)OCc1c(F)ccc(Br)c1F. The topological polar surface area (TPSA) is 9.23 Å². The van der Waals surface area contributed by atoms with Gasteiger partial charge in [0.25, 0.3) is 0 Å². The van der Waals surface area contributed by atoms with E-state index >= 15 is 0 Å². The minimum absolute atomic E-state index is 0.00537. The molecule has 0 saturated carbocycles. The first-order chi connectivity index (χ1) is 8.06. The van der Waals surface area contributed by atoms with Crippen LogP contribution in [0.1, 0.15) is 26.3 Å². The highest BCUT2D eigenvalue weighted by Crippen LogP contribution is 2.37. The van der Waals surface area contributed by atoms with Gasteiger partial charge in [-0.05, 0) is 46.2 Å². The Bertz CT molecular complexity index is 441. The first kappa shape index (κ1) is 15.8. The predicted octanol–water partition coefficient (Wildman–Crippen LogP) is 5.25. The summed E-state index contributed by atoms with van der Waals surface area (Å²) in [7, 11) is -2.00. The number of rotatable bonds is 3. The van der Waals surface area contributed by atoms with Crippen LogP contribution >= 0.6 is 15.9 Å². The van der Waals surface area contributed by atoms with Gasteiger partial charge in [0.2, 0.25) is 0 Å². The van der Waals surface area contributed by atoms with Crippen LogP contribution in [0.5, 0.6) is 0 Å². The van der Waals surface area contributed by atoms with Crippen molar-refractivity contribution in [2.45, 2.75) is 45.5 Å². The zero-order valence-corrected chi connectivity index (χ0v) is 14.0. The summed E-state index contributed by atoms with van der Waals surface area (Å²) < 4.78 is 33.5. The summed E-state index contributed by atoms with van der Waals surface area (Å²) >= 11 is 3.05. The Labute approximate surface area is 117 Å². The fourth-order valence-corrected chi connectivity index (χ4v) is 2.48. The Balaban J connectivity index is 2.91. The average molecular weight is 337 g/mol. The van der Waals surface area contributed by atoms with Gasteiger partial charge in [0.05, 0.1) is 11.1 Å². The maximum absolute atomic E-state index is 13.8. The van der Waals surface area contributed by atoms with Crippen LogP contribution in [0.4, 0.5) is 8.78 Å². The van der Waals surface area contributed by atoms with Crippen molar-refractivity contribution >= 4 is 24.2 Å². The molecule has 0 heterocycles. The number of hydrogen-bond acceptors (Lipinski definition) is 1. The summed E-state index contributed by atoms with van der Waals surface area (Å²) in [5.74, 6) is -1.14. The van der Waals surface area contributed by atoms with E-state index in [1.807, 2.05) is 0 Å². The van der Waals surface area contributed by atoms with Crippen LogP contribution in [-0.4, -0.2) is 8.32 Å². The second-order valence-corrected chi connectivity index (χ2v) is 11.5. The van der Waals surface area contributed by atoms with Crippen molar-refractivity contribution < 1.29 is 13.2 Å².